The molecule has 6 heteroatoms. The molecule has 0 unspecified atom stereocenters. The third-order valence-corrected chi connectivity index (χ3v) is 3.90. The van der Waals surface area contributed by atoms with Crippen LogP contribution < -0.4 is 0 Å². The van der Waals surface area contributed by atoms with E-state index in [0.717, 1.165) is 24.9 Å². The highest BCUT2D eigenvalue weighted by atomic mass is 19.1. The summed E-state index contributed by atoms with van der Waals surface area (Å²) in [5, 5.41) is 8.76. The molecule has 1 N–H and O–H groups in total. The molecule has 0 aliphatic carbocycles. The molecule has 1 amide bonds. The van der Waals surface area contributed by atoms with Gasteiger partial charge in [-0.05, 0) is 37.1 Å². The Morgan fingerprint density at radius 3 is 2.91 bits per heavy atom. The molecule has 1 saturated heterocycles. The number of nitrogens with zero attached hydrogens (tertiary/aromatic N) is 2. The van der Waals surface area contributed by atoms with Crippen molar-refractivity contribution >= 4 is 11.9 Å². The summed E-state index contributed by atoms with van der Waals surface area (Å²) in [6.45, 7) is 1.77. The number of amides is 1. The Balaban J connectivity index is 1.94. The van der Waals surface area contributed by atoms with Crippen LogP contribution in [0.5, 0.6) is 0 Å². The molecular formula is C16H21FN2O3. The Labute approximate surface area is 129 Å². The summed E-state index contributed by atoms with van der Waals surface area (Å²) in [5.41, 5.74) is 0.881. The van der Waals surface area contributed by atoms with Crippen LogP contribution in [0.3, 0.4) is 0 Å². The summed E-state index contributed by atoms with van der Waals surface area (Å²) in [4.78, 5) is 26.3. The van der Waals surface area contributed by atoms with E-state index in [9.17, 15) is 14.0 Å². The number of rotatable bonds is 5. The van der Waals surface area contributed by atoms with E-state index < -0.39 is 5.97 Å². The largest absolute Gasteiger partial charge is 0.480 e. The lowest BCUT2D eigenvalue weighted by atomic mass is 9.96. The smallest absolute Gasteiger partial charge is 0.323 e. The molecule has 5 nitrogen and oxygen atoms in total. The fraction of sp³-hybridized carbons (Fsp3) is 0.500. The molecular weight excluding hydrogens is 287 g/mol. The number of carboxylic acid groups (broad SMARTS) is 1. The number of carbonyl (C=O) groups excluding carboxylic acids is 1. The van der Waals surface area contributed by atoms with Gasteiger partial charge in [-0.1, -0.05) is 12.1 Å². The fourth-order valence-electron chi connectivity index (χ4n) is 2.89. The predicted molar refractivity (Wildman–Crippen MR) is 79.7 cm³/mol. The van der Waals surface area contributed by atoms with Crippen molar-refractivity contribution in [2.45, 2.75) is 19.4 Å². The van der Waals surface area contributed by atoms with Crippen LogP contribution in [0.15, 0.2) is 24.3 Å². The number of aliphatic carboxylic acids is 1. The molecule has 0 radical (unpaired) electrons. The topological polar surface area (TPSA) is 60.9 Å². The lowest BCUT2D eigenvalue weighted by Crippen LogP contribution is -2.44. The van der Waals surface area contributed by atoms with Crippen molar-refractivity contribution in [3.8, 4) is 0 Å². The third-order valence-electron chi connectivity index (χ3n) is 3.90. The quantitative estimate of drug-likeness (QED) is 0.897. The number of halogens is 1. The van der Waals surface area contributed by atoms with Crippen molar-refractivity contribution < 1.29 is 19.1 Å². The number of carbonyl (C=O) groups is 2. The summed E-state index contributed by atoms with van der Waals surface area (Å²) in [5.74, 6) is -1.59. The third kappa shape index (κ3) is 4.53. The molecule has 0 aromatic heterocycles. The maximum atomic E-state index is 13.2. The lowest BCUT2D eigenvalue weighted by Gasteiger charge is -2.33. The van der Waals surface area contributed by atoms with E-state index >= 15 is 0 Å². The Kier molecular flexibility index (Phi) is 5.49. The first-order valence-corrected chi connectivity index (χ1v) is 7.39. The maximum Gasteiger partial charge on any atom is 0.323 e. The van der Waals surface area contributed by atoms with Gasteiger partial charge in [-0.3, -0.25) is 14.5 Å². The second-order valence-electron chi connectivity index (χ2n) is 5.79. The maximum absolute atomic E-state index is 13.2. The van der Waals surface area contributed by atoms with Gasteiger partial charge in [-0.15, -0.1) is 0 Å². The van der Waals surface area contributed by atoms with E-state index in [1.807, 2.05) is 6.07 Å². The first-order valence-electron chi connectivity index (χ1n) is 7.39. The SMILES string of the molecule is CN(CC(=O)O)C(=O)[C@@H]1CCCN(Cc2cccc(F)c2)C1. The second kappa shape index (κ2) is 7.35. The van der Waals surface area contributed by atoms with Crippen molar-refractivity contribution in [1.82, 2.24) is 9.80 Å². The minimum atomic E-state index is -1.01. The molecule has 1 atom stereocenters. The number of likely N-dealkylation sites (N-methyl/N-ethyl adjacent to an activating group) is 1. The average Bonchev–Trinajstić information content (AvgIpc) is 2.46. The Hall–Kier alpha value is -1.95. The van der Waals surface area contributed by atoms with Crippen LogP contribution in [-0.2, 0) is 16.1 Å². The number of piperidine rings is 1. The molecule has 120 valence electrons. The Bertz CT molecular complexity index is 550. The van der Waals surface area contributed by atoms with Crippen LogP contribution in [0.2, 0.25) is 0 Å². The van der Waals surface area contributed by atoms with Crippen LogP contribution in [0.4, 0.5) is 4.39 Å². The highest BCUT2D eigenvalue weighted by molar-refractivity contribution is 5.83. The van der Waals surface area contributed by atoms with Gasteiger partial charge in [-0.25, -0.2) is 4.39 Å². The first-order chi connectivity index (χ1) is 10.5. The Morgan fingerprint density at radius 2 is 2.23 bits per heavy atom. The van der Waals surface area contributed by atoms with E-state index in [0.29, 0.717) is 13.1 Å². The van der Waals surface area contributed by atoms with Gasteiger partial charge in [0.1, 0.15) is 12.4 Å². The fourth-order valence-corrected chi connectivity index (χ4v) is 2.89. The first kappa shape index (κ1) is 16.4. The van der Waals surface area contributed by atoms with E-state index in [4.69, 9.17) is 5.11 Å². The van der Waals surface area contributed by atoms with Crippen molar-refractivity contribution in [1.29, 1.82) is 0 Å². The van der Waals surface area contributed by atoms with Gasteiger partial charge >= 0.3 is 5.97 Å². The van der Waals surface area contributed by atoms with Crippen molar-refractivity contribution in [2.24, 2.45) is 5.92 Å². The van der Waals surface area contributed by atoms with E-state index in [-0.39, 0.29) is 24.2 Å². The number of carboxylic acids is 1. The number of likely N-dealkylation sites (tertiary alicyclic amines) is 1. The van der Waals surface area contributed by atoms with Crippen molar-refractivity contribution in [3.05, 3.63) is 35.6 Å². The van der Waals surface area contributed by atoms with E-state index in [1.165, 1.54) is 24.1 Å². The minimum absolute atomic E-state index is 0.133. The molecule has 1 heterocycles. The van der Waals surface area contributed by atoms with E-state index in [1.54, 1.807) is 6.07 Å². The van der Waals surface area contributed by atoms with Crippen molar-refractivity contribution in [2.75, 3.05) is 26.7 Å². The number of benzene rings is 1. The van der Waals surface area contributed by atoms with Gasteiger partial charge < -0.3 is 10.0 Å². The monoisotopic (exact) mass is 308 g/mol. The van der Waals surface area contributed by atoms with Crippen LogP contribution in [0.25, 0.3) is 0 Å². The zero-order chi connectivity index (χ0) is 16.1. The van der Waals surface area contributed by atoms with Crippen LogP contribution in [0.1, 0.15) is 18.4 Å². The Morgan fingerprint density at radius 1 is 1.45 bits per heavy atom. The lowest BCUT2D eigenvalue weighted by molar-refractivity contribution is -0.146. The van der Waals surface area contributed by atoms with Crippen molar-refractivity contribution in [3.63, 3.8) is 0 Å². The van der Waals surface area contributed by atoms with Crippen LogP contribution in [-0.4, -0.2) is 53.5 Å². The van der Waals surface area contributed by atoms with Gasteiger partial charge in [0.25, 0.3) is 0 Å². The highest BCUT2D eigenvalue weighted by Gasteiger charge is 2.28. The van der Waals surface area contributed by atoms with Gasteiger partial charge in [-0.2, -0.15) is 0 Å². The summed E-state index contributed by atoms with van der Waals surface area (Å²) < 4.78 is 13.2. The number of hydrogen-bond donors (Lipinski definition) is 1. The summed E-state index contributed by atoms with van der Waals surface area (Å²) >= 11 is 0. The van der Waals surface area contributed by atoms with Gasteiger partial charge in [0, 0.05) is 20.1 Å². The van der Waals surface area contributed by atoms with E-state index in [2.05, 4.69) is 4.90 Å². The normalized spacial score (nSPS) is 18.9. The molecule has 2 rings (SSSR count). The molecule has 1 aliphatic heterocycles. The summed E-state index contributed by atoms with van der Waals surface area (Å²) in [6, 6.07) is 6.46. The zero-order valence-electron chi connectivity index (χ0n) is 12.7. The number of hydrogen-bond acceptors (Lipinski definition) is 3. The van der Waals surface area contributed by atoms with Gasteiger partial charge in [0.05, 0.1) is 5.92 Å². The summed E-state index contributed by atoms with van der Waals surface area (Å²) in [6.07, 6.45) is 1.65. The van der Waals surface area contributed by atoms with Crippen LogP contribution in [0, 0.1) is 11.7 Å². The summed E-state index contributed by atoms with van der Waals surface area (Å²) in [7, 11) is 1.52. The molecule has 0 bridgehead atoms. The standard InChI is InChI=1S/C16H21FN2O3/c1-18(11-15(20)21)16(22)13-5-3-7-19(10-13)9-12-4-2-6-14(17)8-12/h2,4,6,8,13H,3,5,7,9-11H2,1H3,(H,20,21)/t13-/m1/s1. The van der Waals surface area contributed by atoms with Crippen LogP contribution >= 0.6 is 0 Å². The molecule has 1 aliphatic rings. The minimum Gasteiger partial charge on any atom is -0.480 e. The molecule has 1 aromatic carbocycles. The highest BCUT2D eigenvalue weighted by Crippen LogP contribution is 2.20. The molecule has 1 aromatic rings. The molecule has 0 spiro atoms. The zero-order valence-corrected chi connectivity index (χ0v) is 12.7. The second-order valence-corrected chi connectivity index (χ2v) is 5.79. The molecule has 0 saturated carbocycles. The predicted octanol–water partition coefficient (Wildman–Crippen LogP) is 1.58. The van der Waals surface area contributed by atoms with Gasteiger partial charge in [0.2, 0.25) is 5.91 Å². The molecule has 1 fully saturated rings. The molecule has 22 heavy (non-hydrogen) atoms. The van der Waals surface area contributed by atoms with Gasteiger partial charge in [0.15, 0.2) is 0 Å². The average molecular weight is 308 g/mol.